The molecule has 6 heteroatoms. The molecule has 3 N–H and O–H groups in total. The van der Waals surface area contributed by atoms with E-state index in [1.165, 1.54) is 6.20 Å². The van der Waals surface area contributed by atoms with Crippen LogP contribution in [0.2, 0.25) is 0 Å². The number of primary amides is 1. The number of hydrogen-bond acceptors (Lipinski definition) is 5. The summed E-state index contributed by atoms with van der Waals surface area (Å²) >= 11 is 0. The van der Waals surface area contributed by atoms with Gasteiger partial charge in [0.2, 0.25) is 5.91 Å². The molecule has 1 heterocycles. The van der Waals surface area contributed by atoms with Crippen molar-refractivity contribution in [3.05, 3.63) is 36.0 Å². The van der Waals surface area contributed by atoms with Crippen molar-refractivity contribution >= 4 is 17.3 Å². The number of piperidine rings is 1. The van der Waals surface area contributed by atoms with Gasteiger partial charge in [-0.2, -0.15) is 10.5 Å². The quantitative estimate of drug-likeness (QED) is 0.823. The fourth-order valence-corrected chi connectivity index (χ4v) is 2.52. The number of nitrogens with one attached hydrogen (secondary N) is 1. The van der Waals surface area contributed by atoms with E-state index in [9.17, 15) is 4.79 Å². The van der Waals surface area contributed by atoms with Gasteiger partial charge in [-0.3, -0.25) is 4.79 Å². The highest BCUT2D eigenvalue weighted by Crippen LogP contribution is 2.29. The second-order valence-electron chi connectivity index (χ2n) is 5.11. The Kier molecular flexibility index (Phi) is 5.00. The van der Waals surface area contributed by atoms with Crippen molar-refractivity contribution in [2.24, 2.45) is 11.7 Å². The zero-order chi connectivity index (χ0) is 15.9. The summed E-state index contributed by atoms with van der Waals surface area (Å²) in [6.45, 7) is 1.50. The lowest BCUT2D eigenvalue weighted by molar-refractivity contribution is -0.122. The average molecular weight is 295 g/mol. The Labute approximate surface area is 129 Å². The maximum absolute atomic E-state index is 11.2. The lowest BCUT2D eigenvalue weighted by atomic mass is 9.96. The normalized spacial score (nSPS) is 14.5. The Bertz CT molecular complexity index is 644. The molecule has 0 atom stereocenters. The molecule has 1 aliphatic rings. The molecule has 0 spiro atoms. The molecule has 1 saturated heterocycles. The molecular formula is C16H17N5O. The smallest absolute Gasteiger partial charge is 0.220 e. The Balaban J connectivity index is 2.13. The third-order valence-corrected chi connectivity index (χ3v) is 3.75. The first-order valence-electron chi connectivity index (χ1n) is 7.06. The van der Waals surface area contributed by atoms with Crippen LogP contribution in [0.3, 0.4) is 0 Å². The number of nitrogens with two attached hydrogens (primary N) is 1. The van der Waals surface area contributed by atoms with Crippen LogP contribution in [-0.4, -0.2) is 19.0 Å². The Morgan fingerprint density at radius 1 is 1.27 bits per heavy atom. The van der Waals surface area contributed by atoms with E-state index >= 15 is 0 Å². The van der Waals surface area contributed by atoms with Crippen molar-refractivity contribution in [1.29, 1.82) is 10.5 Å². The molecule has 1 aromatic carbocycles. The lowest BCUT2D eigenvalue weighted by Crippen LogP contribution is -2.38. The Morgan fingerprint density at radius 3 is 2.50 bits per heavy atom. The van der Waals surface area contributed by atoms with E-state index in [0.29, 0.717) is 0 Å². The van der Waals surface area contributed by atoms with Gasteiger partial charge in [0.05, 0.1) is 11.4 Å². The van der Waals surface area contributed by atoms with Crippen LogP contribution in [0, 0.1) is 28.6 Å². The van der Waals surface area contributed by atoms with Crippen LogP contribution in [0.5, 0.6) is 0 Å². The number of amides is 1. The average Bonchev–Trinajstić information content (AvgIpc) is 2.56. The number of carbonyl (C=O) groups excluding carboxylic acids is 1. The molecule has 112 valence electrons. The van der Waals surface area contributed by atoms with E-state index in [-0.39, 0.29) is 17.4 Å². The van der Waals surface area contributed by atoms with Crippen LogP contribution in [0.4, 0.5) is 11.4 Å². The lowest BCUT2D eigenvalue weighted by Gasteiger charge is -2.33. The third kappa shape index (κ3) is 3.56. The van der Waals surface area contributed by atoms with E-state index < -0.39 is 0 Å². The van der Waals surface area contributed by atoms with Crippen molar-refractivity contribution < 1.29 is 4.79 Å². The van der Waals surface area contributed by atoms with Crippen LogP contribution < -0.4 is 16.0 Å². The van der Waals surface area contributed by atoms with Crippen LogP contribution in [0.25, 0.3) is 0 Å². The van der Waals surface area contributed by atoms with Gasteiger partial charge in [0, 0.05) is 25.2 Å². The minimum Gasteiger partial charge on any atom is -0.370 e. The van der Waals surface area contributed by atoms with E-state index in [0.717, 1.165) is 37.3 Å². The predicted molar refractivity (Wildman–Crippen MR) is 83.5 cm³/mol. The van der Waals surface area contributed by atoms with Crippen molar-refractivity contribution in [2.45, 2.75) is 12.8 Å². The molecule has 1 aromatic rings. The van der Waals surface area contributed by atoms with Crippen molar-refractivity contribution in [3.8, 4) is 12.1 Å². The highest BCUT2D eigenvalue weighted by molar-refractivity contribution is 5.77. The van der Waals surface area contributed by atoms with E-state index in [4.69, 9.17) is 16.3 Å². The zero-order valence-electron chi connectivity index (χ0n) is 12.1. The monoisotopic (exact) mass is 295 g/mol. The maximum atomic E-state index is 11.2. The fraction of sp³-hybridized carbons (Fsp3) is 0.312. The SMILES string of the molecule is N#CC(C#N)=CNc1ccccc1N1CCC(C(N)=O)CC1. The van der Waals surface area contributed by atoms with Crippen LogP contribution in [0.15, 0.2) is 36.0 Å². The Hall–Kier alpha value is -2.99. The highest BCUT2D eigenvalue weighted by atomic mass is 16.1. The standard InChI is InChI=1S/C16H17N5O/c17-9-12(10-18)11-20-14-3-1-2-4-15(14)21-7-5-13(6-8-21)16(19)22/h1-4,11,13,20H,5-8H2,(H2,19,22). The van der Waals surface area contributed by atoms with E-state index in [1.807, 2.05) is 36.4 Å². The number of para-hydroxylation sites is 2. The summed E-state index contributed by atoms with van der Waals surface area (Å²) < 4.78 is 0. The second-order valence-corrected chi connectivity index (χ2v) is 5.11. The summed E-state index contributed by atoms with van der Waals surface area (Å²) in [6.07, 6.45) is 2.87. The number of allylic oxidation sites excluding steroid dienone is 1. The zero-order valence-corrected chi connectivity index (χ0v) is 12.1. The first-order chi connectivity index (χ1) is 10.7. The number of nitriles is 2. The molecule has 0 aromatic heterocycles. The largest absolute Gasteiger partial charge is 0.370 e. The molecule has 0 bridgehead atoms. The first-order valence-corrected chi connectivity index (χ1v) is 7.06. The summed E-state index contributed by atoms with van der Waals surface area (Å²) in [5.74, 6) is -0.290. The first kappa shape index (κ1) is 15.4. The van der Waals surface area contributed by atoms with E-state index in [1.54, 1.807) is 0 Å². The molecule has 0 unspecified atom stereocenters. The van der Waals surface area contributed by atoms with Gasteiger partial charge in [-0.1, -0.05) is 12.1 Å². The summed E-state index contributed by atoms with van der Waals surface area (Å²) in [7, 11) is 0. The molecule has 22 heavy (non-hydrogen) atoms. The molecule has 2 rings (SSSR count). The summed E-state index contributed by atoms with van der Waals surface area (Å²) in [4.78, 5) is 13.4. The number of anilines is 2. The molecule has 1 fully saturated rings. The fourth-order valence-electron chi connectivity index (χ4n) is 2.52. The number of benzene rings is 1. The van der Waals surface area contributed by atoms with Crippen molar-refractivity contribution in [3.63, 3.8) is 0 Å². The molecule has 0 saturated carbocycles. The number of hydrogen-bond donors (Lipinski definition) is 2. The van der Waals surface area contributed by atoms with Crippen LogP contribution in [0.1, 0.15) is 12.8 Å². The highest BCUT2D eigenvalue weighted by Gasteiger charge is 2.24. The van der Waals surface area contributed by atoms with Crippen LogP contribution >= 0.6 is 0 Å². The van der Waals surface area contributed by atoms with Crippen molar-refractivity contribution in [1.82, 2.24) is 0 Å². The van der Waals surface area contributed by atoms with Gasteiger partial charge in [-0.15, -0.1) is 0 Å². The number of carbonyl (C=O) groups is 1. The van der Waals surface area contributed by atoms with Gasteiger partial charge in [0.15, 0.2) is 0 Å². The summed E-state index contributed by atoms with van der Waals surface area (Å²) in [5.41, 5.74) is 7.18. The minimum atomic E-state index is -0.235. The molecule has 0 radical (unpaired) electrons. The number of nitrogens with zero attached hydrogens (tertiary/aromatic N) is 3. The molecular weight excluding hydrogens is 278 g/mol. The van der Waals surface area contributed by atoms with Gasteiger partial charge in [0.25, 0.3) is 0 Å². The van der Waals surface area contributed by atoms with E-state index in [2.05, 4.69) is 10.2 Å². The van der Waals surface area contributed by atoms with Crippen LogP contribution in [-0.2, 0) is 4.79 Å². The molecule has 1 amide bonds. The van der Waals surface area contributed by atoms with Gasteiger partial charge >= 0.3 is 0 Å². The number of rotatable bonds is 4. The minimum absolute atomic E-state index is 0.0160. The third-order valence-electron chi connectivity index (χ3n) is 3.75. The molecule has 1 aliphatic heterocycles. The topological polar surface area (TPSA) is 106 Å². The molecule has 0 aliphatic carbocycles. The summed E-state index contributed by atoms with van der Waals surface area (Å²) in [5, 5.41) is 20.5. The van der Waals surface area contributed by atoms with Gasteiger partial charge in [-0.05, 0) is 25.0 Å². The second kappa shape index (κ2) is 7.14. The summed E-state index contributed by atoms with van der Waals surface area (Å²) in [6, 6.07) is 11.3. The van der Waals surface area contributed by atoms with Gasteiger partial charge in [-0.25, -0.2) is 0 Å². The van der Waals surface area contributed by atoms with Gasteiger partial charge < -0.3 is 16.0 Å². The van der Waals surface area contributed by atoms with Gasteiger partial charge in [0.1, 0.15) is 17.7 Å². The maximum Gasteiger partial charge on any atom is 0.220 e. The Morgan fingerprint density at radius 2 is 1.91 bits per heavy atom. The van der Waals surface area contributed by atoms with Crippen molar-refractivity contribution in [2.75, 3.05) is 23.3 Å². The predicted octanol–water partition coefficient (Wildman–Crippen LogP) is 1.73. The molecule has 6 nitrogen and oxygen atoms in total.